The van der Waals surface area contributed by atoms with E-state index in [1.54, 1.807) is 0 Å². The van der Waals surface area contributed by atoms with Crippen LogP contribution in [0.3, 0.4) is 0 Å². The summed E-state index contributed by atoms with van der Waals surface area (Å²) in [7, 11) is 6.11. The van der Waals surface area contributed by atoms with Crippen molar-refractivity contribution in [2.45, 2.75) is 6.54 Å². The summed E-state index contributed by atoms with van der Waals surface area (Å²) in [4.78, 5) is 21.2. The number of ether oxygens (including phenoxy) is 1. The van der Waals surface area contributed by atoms with Gasteiger partial charge in [-0.3, -0.25) is 0 Å². The number of H-pyrrole nitrogens is 2. The summed E-state index contributed by atoms with van der Waals surface area (Å²) in [5.41, 5.74) is 3.74. The van der Waals surface area contributed by atoms with Gasteiger partial charge in [-0.25, -0.2) is 4.79 Å². The largest absolute Gasteiger partial charge is 0.492 e. The van der Waals surface area contributed by atoms with Gasteiger partial charge in [-0.1, -0.05) is 6.07 Å². The number of benzene rings is 2. The van der Waals surface area contributed by atoms with Gasteiger partial charge in [0.2, 0.25) is 0 Å². The third-order valence-electron chi connectivity index (χ3n) is 4.08. The van der Waals surface area contributed by atoms with Crippen molar-refractivity contribution < 1.29 is 4.74 Å². The van der Waals surface area contributed by atoms with Gasteiger partial charge in [0.1, 0.15) is 12.4 Å². The van der Waals surface area contributed by atoms with E-state index in [0.717, 1.165) is 41.1 Å². The minimum absolute atomic E-state index is 0.176. The SMILES string of the molecule is CN(C)CCOc1ccc(N(C)Cc2ccc3[nH]c(=O)[nH]c3c2)cc1. The van der Waals surface area contributed by atoms with Crippen molar-refractivity contribution in [3.05, 3.63) is 58.5 Å². The van der Waals surface area contributed by atoms with E-state index in [1.807, 2.05) is 51.5 Å². The number of imidazole rings is 1. The maximum absolute atomic E-state index is 11.4. The van der Waals surface area contributed by atoms with Crippen molar-refractivity contribution in [1.29, 1.82) is 0 Å². The predicted molar refractivity (Wildman–Crippen MR) is 102 cm³/mol. The van der Waals surface area contributed by atoms with Crippen LogP contribution in [0.4, 0.5) is 5.69 Å². The van der Waals surface area contributed by atoms with Crippen LogP contribution in [0.1, 0.15) is 5.56 Å². The van der Waals surface area contributed by atoms with Gasteiger partial charge in [0.05, 0.1) is 11.0 Å². The molecular formula is C19H24N4O2. The van der Waals surface area contributed by atoms with Crippen molar-refractivity contribution in [2.24, 2.45) is 0 Å². The van der Waals surface area contributed by atoms with Crippen LogP contribution in [0, 0.1) is 0 Å². The van der Waals surface area contributed by atoms with E-state index in [0.29, 0.717) is 6.61 Å². The number of fused-ring (bicyclic) bond motifs is 1. The monoisotopic (exact) mass is 340 g/mol. The van der Waals surface area contributed by atoms with Crippen LogP contribution in [0.15, 0.2) is 47.3 Å². The molecule has 0 spiro atoms. The minimum atomic E-state index is -0.176. The zero-order chi connectivity index (χ0) is 17.8. The molecule has 0 unspecified atom stereocenters. The Morgan fingerprint density at radius 2 is 1.68 bits per heavy atom. The Hall–Kier alpha value is -2.73. The Morgan fingerprint density at radius 3 is 2.40 bits per heavy atom. The molecule has 0 aliphatic heterocycles. The third kappa shape index (κ3) is 4.42. The van der Waals surface area contributed by atoms with Crippen LogP contribution in [-0.4, -0.2) is 49.2 Å². The van der Waals surface area contributed by atoms with Crippen LogP contribution in [0.25, 0.3) is 11.0 Å². The Kier molecular flexibility index (Phi) is 5.09. The molecule has 0 saturated heterocycles. The fraction of sp³-hybridized carbons (Fsp3) is 0.316. The second-order valence-electron chi connectivity index (χ2n) is 6.46. The Morgan fingerprint density at radius 1 is 0.960 bits per heavy atom. The molecule has 2 N–H and O–H groups in total. The molecule has 3 aromatic rings. The summed E-state index contributed by atoms with van der Waals surface area (Å²) in [5.74, 6) is 0.880. The lowest BCUT2D eigenvalue weighted by Crippen LogP contribution is -2.19. The van der Waals surface area contributed by atoms with Gasteiger partial charge in [0, 0.05) is 25.8 Å². The van der Waals surface area contributed by atoms with Crippen LogP contribution in [0.5, 0.6) is 5.75 Å². The smallest absolute Gasteiger partial charge is 0.323 e. The van der Waals surface area contributed by atoms with Crippen molar-refractivity contribution in [2.75, 3.05) is 39.2 Å². The van der Waals surface area contributed by atoms with Crippen molar-refractivity contribution >= 4 is 16.7 Å². The third-order valence-corrected chi connectivity index (χ3v) is 4.08. The molecule has 0 amide bonds. The standard InChI is InChI=1S/C19H24N4O2/c1-22(2)10-11-25-16-7-5-15(6-8-16)23(3)13-14-4-9-17-18(12-14)21-19(24)20-17/h4-9,12H,10-11,13H2,1-3H3,(H2,20,21,24). The molecule has 1 heterocycles. The van der Waals surface area contributed by atoms with Crippen LogP contribution in [-0.2, 0) is 6.54 Å². The molecule has 2 aromatic carbocycles. The van der Waals surface area contributed by atoms with Gasteiger partial charge in [-0.15, -0.1) is 0 Å². The summed E-state index contributed by atoms with van der Waals surface area (Å²) in [5, 5.41) is 0. The molecular weight excluding hydrogens is 316 g/mol. The number of rotatable bonds is 7. The van der Waals surface area contributed by atoms with E-state index < -0.39 is 0 Å². The second kappa shape index (κ2) is 7.44. The van der Waals surface area contributed by atoms with E-state index in [1.165, 1.54) is 0 Å². The lowest BCUT2D eigenvalue weighted by atomic mass is 10.2. The number of aromatic nitrogens is 2. The lowest BCUT2D eigenvalue weighted by molar-refractivity contribution is 0.261. The number of nitrogens with one attached hydrogen (secondary N) is 2. The molecule has 1 aromatic heterocycles. The summed E-state index contributed by atoms with van der Waals surface area (Å²) in [6.45, 7) is 2.33. The lowest BCUT2D eigenvalue weighted by Gasteiger charge is -2.20. The Bertz CT molecular complexity index is 880. The molecule has 0 aliphatic carbocycles. The zero-order valence-corrected chi connectivity index (χ0v) is 14.9. The van der Waals surface area contributed by atoms with Gasteiger partial charge in [0.25, 0.3) is 0 Å². The maximum Gasteiger partial charge on any atom is 0.323 e. The highest BCUT2D eigenvalue weighted by molar-refractivity contribution is 5.75. The van der Waals surface area contributed by atoms with Crippen LogP contribution >= 0.6 is 0 Å². The van der Waals surface area contributed by atoms with Crippen LogP contribution in [0.2, 0.25) is 0 Å². The van der Waals surface area contributed by atoms with Crippen LogP contribution < -0.4 is 15.3 Å². The van der Waals surface area contributed by atoms with Crippen molar-refractivity contribution in [3.63, 3.8) is 0 Å². The summed E-state index contributed by atoms with van der Waals surface area (Å²) in [6, 6.07) is 14.1. The number of likely N-dealkylation sites (N-methyl/N-ethyl adjacent to an activating group) is 1. The second-order valence-corrected chi connectivity index (χ2v) is 6.46. The molecule has 0 saturated carbocycles. The molecule has 6 heteroatoms. The Labute approximate surface area is 147 Å². The molecule has 0 fully saturated rings. The highest BCUT2D eigenvalue weighted by Crippen LogP contribution is 2.21. The van der Waals surface area contributed by atoms with E-state index in [4.69, 9.17) is 4.74 Å². The highest BCUT2D eigenvalue weighted by atomic mass is 16.5. The number of hydrogen-bond acceptors (Lipinski definition) is 4. The number of nitrogens with zero attached hydrogens (tertiary/aromatic N) is 2. The molecule has 132 valence electrons. The summed E-state index contributed by atoms with van der Waals surface area (Å²) >= 11 is 0. The highest BCUT2D eigenvalue weighted by Gasteiger charge is 2.05. The molecule has 3 rings (SSSR count). The van der Waals surface area contributed by atoms with Gasteiger partial charge < -0.3 is 24.5 Å². The molecule has 0 radical (unpaired) electrons. The topological polar surface area (TPSA) is 64.4 Å². The molecule has 0 atom stereocenters. The first-order valence-corrected chi connectivity index (χ1v) is 8.31. The van der Waals surface area contributed by atoms with Crippen molar-refractivity contribution in [3.8, 4) is 5.75 Å². The Balaban J connectivity index is 1.63. The molecule has 0 bridgehead atoms. The number of hydrogen-bond donors (Lipinski definition) is 2. The minimum Gasteiger partial charge on any atom is -0.492 e. The van der Waals surface area contributed by atoms with Crippen molar-refractivity contribution in [1.82, 2.24) is 14.9 Å². The van der Waals surface area contributed by atoms with Gasteiger partial charge >= 0.3 is 5.69 Å². The number of anilines is 1. The molecule has 6 nitrogen and oxygen atoms in total. The van der Waals surface area contributed by atoms with E-state index in [9.17, 15) is 4.79 Å². The van der Waals surface area contributed by atoms with E-state index in [-0.39, 0.29) is 5.69 Å². The first-order chi connectivity index (χ1) is 12.0. The van der Waals surface area contributed by atoms with Gasteiger partial charge in [0.15, 0.2) is 0 Å². The quantitative estimate of drug-likeness (QED) is 0.693. The average molecular weight is 340 g/mol. The normalized spacial score (nSPS) is 11.2. The van der Waals surface area contributed by atoms with E-state index in [2.05, 4.69) is 31.9 Å². The van der Waals surface area contributed by atoms with Gasteiger partial charge in [-0.05, 0) is 56.1 Å². The first kappa shape index (κ1) is 17.1. The number of aromatic amines is 2. The summed E-state index contributed by atoms with van der Waals surface area (Å²) < 4.78 is 5.72. The zero-order valence-electron chi connectivity index (χ0n) is 14.9. The van der Waals surface area contributed by atoms with E-state index >= 15 is 0 Å². The molecule has 0 aliphatic rings. The molecule has 25 heavy (non-hydrogen) atoms. The average Bonchev–Trinajstić information content (AvgIpc) is 2.94. The maximum atomic E-state index is 11.4. The van der Waals surface area contributed by atoms with Gasteiger partial charge in [-0.2, -0.15) is 0 Å². The predicted octanol–water partition coefficient (Wildman–Crippen LogP) is 2.43. The first-order valence-electron chi connectivity index (χ1n) is 8.31. The fourth-order valence-corrected chi connectivity index (χ4v) is 2.69. The summed E-state index contributed by atoms with van der Waals surface area (Å²) in [6.07, 6.45) is 0. The fourth-order valence-electron chi connectivity index (χ4n) is 2.69.